The second kappa shape index (κ2) is 3.25. The first kappa shape index (κ1) is 9.47. The van der Waals surface area contributed by atoms with Crippen molar-refractivity contribution in [2.45, 2.75) is 44.7 Å². The summed E-state index contributed by atoms with van der Waals surface area (Å²) in [5.41, 5.74) is 0.383. The first-order valence-electron chi connectivity index (χ1n) is 5.54. The van der Waals surface area contributed by atoms with Gasteiger partial charge in [0.15, 0.2) is 0 Å². The van der Waals surface area contributed by atoms with Gasteiger partial charge in [-0.3, -0.25) is 0 Å². The van der Waals surface area contributed by atoms with Crippen LogP contribution in [0.25, 0.3) is 0 Å². The SMILES string of the molecule is CN1CCCC1C1CNC(C)(C)C1. The van der Waals surface area contributed by atoms with Crippen LogP contribution in [0.5, 0.6) is 0 Å². The van der Waals surface area contributed by atoms with Crippen LogP contribution in [-0.2, 0) is 0 Å². The maximum absolute atomic E-state index is 3.62. The Morgan fingerprint density at radius 3 is 2.62 bits per heavy atom. The van der Waals surface area contributed by atoms with Crippen molar-refractivity contribution >= 4 is 0 Å². The quantitative estimate of drug-likeness (QED) is 0.660. The molecule has 0 aromatic rings. The molecule has 76 valence electrons. The molecule has 13 heavy (non-hydrogen) atoms. The molecule has 0 aromatic carbocycles. The van der Waals surface area contributed by atoms with Crippen molar-refractivity contribution in [2.75, 3.05) is 20.1 Å². The van der Waals surface area contributed by atoms with Crippen LogP contribution >= 0.6 is 0 Å². The molecule has 2 nitrogen and oxygen atoms in total. The Morgan fingerprint density at radius 2 is 2.15 bits per heavy atom. The number of hydrogen-bond acceptors (Lipinski definition) is 2. The Kier molecular flexibility index (Phi) is 2.37. The predicted molar refractivity (Wildman–Crippen MR) is 55.8 cm³/mol. The molecule has 1 N–H and O–H groups in total. The van der Waals surface area contributed by atoms with Gasteiger partial charge in [-0.25, -0.2) is 0 Å². The van der Waals surface area contributed by atoms with Crippen LogP contribution in [0.3, 0.4) is 0 Å². The molecule has 2 aliphatic rings. The zero-order valence-electron chi connectivity index (χ0n) is 9.14. The van der Waals surface area contributed by atoms with Gasteiger partial charge in [0, 0.05) is 18.1 Å². The summed E-state index contributed by atoms with van der Waals surface area (Å²) in [6.45, 7) is 7.17. The number of likely N-dealkylation sites (tertiary alicyclic amines) is 1. The highest BCUT2D eigenvalue weighted by Gasteiger charge is 2.37. The van der Waals surface area contributed by atoms with Crippen LogP contribution in [0.4, 0.5) is 0 Å². The van der Waals surface area contributed by atoms with E-state index in [9.17, 15) is 0 Å². The fourth-order valence-electron chi connectivity index (χ4n) is 3.01. The lowest BCUT2D eigenvalue weighted by Gasteiger charge is -2.26. The van der Waals surface area contributed by atoms with Crippen molar-refractivity contribution in [2.24, 2.45) is 5.92 Å². The molecule has 2 rings (SSSR count). The zero-order chi connectivity index (χ0) is 9.47. The van der Waals surface area contributed by atoms with E-state index in [1.54, 1.807) is 0 Å². The van der Waals surface area contributed by atoms with Gasteiger partial charge in [-0.15, -0.1) is 0 Å². The molecule has 2 saturated heterocycles. The van der Waals surface area contributed by atoms with E-state index < -0.39 is 0 Å². The van der Waals surface area contributed by atoms with Crippen molar-refractivity contribution in [3.05, 3.63) is 0 Å². The lowest BCUT2D eigenvalue weighted by molar-refractivity contribution is 0.232. The van der Waals surface area contributed by atoms with E-state index in [-0.39, 0.29) is 0 Å². The highest BCUT2D eigenvalue weighted by atomic mass is 15.2. The molecule has 2 heteroatoms. The van der Waals surface area contributed by atoms with E-state index in [1.165, 1.54) is 32.4 Å². The van der Waals surface area contributed by atoms with Crippen LogP contribution < -0.4 is 5.32 Å². The largest absolute Gasteiger partial charge is 0.311 e. The normalized spacial score (nSPS) is 39.9. The fraction of sp³-hybridized carbons (Fsp3) is 1.00. The van der Waals surface area contributed by atoms with Crippen molar-refractivity contribution in [1.82, 2.24) is 10.2 Å². The fourth-order valence-corrected chi connectivity index (χ4v) is 3.01. The van der Waals surface area contributed by atoms with Crippen molar-refractivity contribution < 1.29 is 0 Å². The molecule has 2 heterocycles. The molecule has 2 atom stereocenters. The predicted octanol–water partition coefficient (Wildman–Crippen LogP) is 1.47. The lowest BCUT2D eigenvalue weighted by atomic mass is 9.90. The van der Waals surface area contributed by atoms with Gasteiger partial charge in [-0.05, 0) is 52.6 Å². The van der Waals surface area contributed by atoms with Gasteiger partial charge in [0.2, 0.25) is 0 Å². The maximum Gasteiger partial charge on any atom is 0.0134 e. The van der Waals surface area contributed by atoms with E-state index in [2.05, 4.69) is 31.1 Å². The molecule has 0 saturated carbocycles. The third-order valence-electron chi connectivity index (χ3n) is 3.74. The van der Waals surface area contributed by atoms with Gasteiger partial charge in [0.05, 0.1) is 0 Å². The van der Waals surface area contributed by atoms with Gasteiger partial charge in [-0.2, -0.15) is 0 Å². The summed E-state index contributed by atoms with van der Waals surface area (Å²) < 4.78 is 0. The van der Waals surface area contributed by atoms with E-state index in [1.807, 2.05) is 0 Å². The summed E-state index contributed by atoms with van der Waals surface area (Å²) in [6.07, 6.45) is 4.17. The monoisotopic (exact) mass is 182 g/mol. The van der Waals surface area contributed by atoms with E-state index in [4.69, 9.17) is 0 Å². The summed E-state index contributed by atoms with van der Waals surface area (Å²) in [5.74, 6) is 0.891. The second-order valence-corrected chi connectivity index (χ2v) is 5.42. The average Bonchev–Trinajstić information content (AvgIpc) is 2.56. The summed E-state index contributed by atoms with van der Waals surface area (Å²) >= 11 is 0. The van der Waals surface area contributed by atoms with Crippen molar-refractivity contribution in [3.63, 3.8) is 0 Å². The highest BCUT2D eigenvalue weighted by molar-refractivity contribution is 4.96. The third-order valence-corrected chi connectivity index (χ3v) is 3.74. The van der Waals surface area contributed by atoms with Crippen LogP contribution in [-0.4, -0.2) is 36.6 Å². The minimum Gasteiger partial charge on any atom is -0.311 e. The minimum atomic E-state index is 0.383. The lowest BCUT2D eigenvalue weighted by Crippen LogP contribution is -2.33. The molecule has 0 spiro atoms. The Morgan fingerprint density at radius 1 is 1.38 bits per heavy atom. The first-order chi connectivity index (χ1) is 6.08. The first-order valence-corrected chi connectivity index (χ1v) is 5.54. The van der Waals surface area contributed by atoms with Crippen LogP contribution in [0, 0.1) is 5.92 Å². The minimum absolute atomic E-state index is 0.383. The highest BCUT2D eigenvalue weighted by Crippen LogP contribution is 2.32. The van der Waals surface area contributed by atoms with Crippen molar-refractivity contribution in [3.8, 4) is 0 Å². The molecular formula is C11H22N2. The number of nitrogens with zero attached hydrogens (tertiary/aromatic N) is 1. The van der Waals surface area contributed by atoms with Gasteiger partial charge < -0.3 is 10.2 Å². The molecular weight excluding hydrogens is 160 g/mol. The number of hydrogen-bond donors (Lipinski definition) is 1. The van der Waals surface area contributed by atoms with Crippen LogP contribution in [0.2, 0.25) is 0 Å². The summed E-state index contributed by atoms with van der Waals surface area (Å²) in [6, 6.07) is 0.856. The molecule has 2 fully saturated rings. The molecule has 0 bridgehead atoms. The van der Waals surface area contributed by atoms with Gasteiger partial charge in [0.1, 0.15) is 0 Å². The Labute approximate surface area is 81.7 Å². The number of rotatable bonds is 1. The molecule has 0 aliphatic carbocycles. The average molecular weight is 182 g/mol. The molecule has 0 aromatic heterocycles. The summed E-state index contributed by atoms with van der Waals surface area (Å²) in [7, 11) is 2.28. The van der Waals surface area contributed by atoms with E-state index in [0.29, 0.717) is 5.54 Å². The van der Waals surface area contributed by atoms with E-state index >= 15 is 0 Å². The Balaban J connectivity index is 1.95. The Bertz CT molecular complexity index is 189. The zero-order valence-corrected chi connectivity index (χ0v) is 9.14. The maximum atomic E-state index is 3.62. The molecule has 0 radical (unpaired) electrons. The summed E-state index contributed by atoms with van der Waals surface area (Å²) in [5, 5.41) is 3.62. The van der Waals surface area contributed by atoms with Crippen LogP contribution in [0.15, 0.2) is 0 Å². The van der Waals surface area contributed by atoms with Gasteiger partial charge >= 0.3 is 0 Å². The van der Waals surface area contributed by atoms with E-state index in [0.717, 1.165) is 12.0 Å². The number of nitrogens with one attached hydrogen (secondary N) is 1. The Hall–Kier alpha value is -0.0800. The van der Waals surface area contributed by atoms with Gasteiger partial charge in [-0.1, -0.05) is 0 Å². The van der Waals surface area contributed by atoms with Crippen molar-refractivity contribution in [1.29, 1.82) is 0 Å². The molecule has 2 unspecified atom stereocenters. The molecule has 0 amide bonds. The molecule has 2 aliphatic heterocycles. The third kappa shape index (κ3) is 1.89. The van der Waals surface area contributed by atoms with Crippen LogP contribution in [0.1, 0.15) is 33.1 Å². The van der Waals surface area contributed by atoms with Gasteiger partial charge in [0.25, 0.3) is 0 Å². The smallest absolute Gasteiger partial charge is 0.0134 e. The topological polar surface area (TPSA) is 15.3 Å². The second-order valence-electron chi connectivity index (χ2n) is 5.42. The summed E-state index contributed by atoms with van der Waals surface area (Å²) in [4.78, 5) is 2.55. The standard InChI is InChI=1S/C11H22N2/c1-11(2)7-9(8-12-11)10-5-4-6-13(10)3/h9-10,12H,4-8H2,1-3H3.